The number of nitrogens with zero attached hydrogens (tertiary/aromatic N) is 1. The minimum atomic E-state index is -0.299. The summed E-state index contributed by atoms with van der Waals surface area (Å²) in [6, 6.07) is 9.58. The molecule has 3 rings (SSSR count). The highest BCUT2D eigenvalue weighted by molar-refractivity contribution is 7.10. The van der Waals surface area contributed by atoms with Crippen LogP contribution in [-0.2, 0) is 0 Å². The van der Waals surface area contributed by atoms with Gasteiger partial charge in [0.15, 0.2) is 11.6 Å². The average molecular weight is 343 g/mol. The van der Waals surface area contributed by atoms with Crippen LogP contribution in [0.25, 0.3) is 0 Å². The third kappa shape index (κ3) is 3.60. The van der Waals surface area contributed by atoms with Crippen molar-refractivity contribution < 1.29 is 9.13 Å². The highest BCUT2D eigenvalue weighted by atomic mass is 35.5. The normalized spacial score (nSPS) is 16.8. The predicted molar refractivity (Wildman–Crippen MR) is 90.8 cm³/mol. The molecule has 2 aromatic rings. The molecule has 1 fully saturated rings. The maximum atomic E-state index is 14.1. The molecule has 1 aromatic carbocycles. The summed E-state index contributed by atoms with van der Waals surface area (Å²) in [5.74, 6) is -0.00400. The standard InChI is InChI=1S/C16H19FN2OS.ClH/c1-20-14-5-4-12(11-13(14)17)16(15-3-2-10-21-15)19-8-6-18-7-9-19;/h2-5,10-11,16,18H,6-9H2,1H3;1H/t16-;/m0./s1. The quantitative estimate of drug-likeness (QED) is 0.922. The van der Waals surface area contributed by atoms with Gasteiger partial charge in [0.25, 0.3) is 0 Å². The molecule has 3 nitrogen and oxygen atoms in total. The second-order valence-corrected chi connectivity index (χ2v) is 6.08. The summed E-state index contributed by atoms with van der Waals surface area (Å²) >= 11 is 1.72. The van der Waals surface area contributed by atoms with E-state index in [0.717, 1.165) is 31.7 Å². The Hall–Kier alpha value is -1.14. The summed E-state index contributed by atoms with van der Waals surface area (Å²) < 4.78 is 19.1. The van der Waals surface area contributed by atoms with Gasteiger partial charge in [-0.2, -0.15) is 0 Å². The Balaban J connectivity index is 0.00000176. The van der Waals surface area contributed by atoms with E-state index in [1.807, 2.05) is 6.07 Å². The van der Waals surface area contributed by atoms with Crippen LogP contribution in [0.1, 0.15) is 16.5 Å². The van der Waals surface area contributed by atoms with E-state index in [-0.39, 0.29) is 24.3 Å². The largest absolute Gasteiger partial charge is 0.494 e. The summed E-state index contributed by atoms with van der Waals surface area (Å²) in [6.45, 7) is 3.88. The van der Waals surface area contributed by atoms with Crippen LogP contribution >= 0.6 is 23.7 Å². The van der Waals surface area contributed by atoms with Gasteiger partial charge in [-0.05, 0) is 29.1 Å². The van der Waals surface area contributed by atoms with Crippen LogP contribution in [0.4, 0.5) is 4.39 Å². The maximum absolute atomic E-state index is 14.1. The van der Waals surface area contributed by atoms with Crippen LogP contribution in [0.5, 0.6) is 5.75 Å². The lowest BCUT2D eigenvalue weighted by molar-refractivity contribution is 0.200. The average Bonchev–Trinajstić information content (AvgIpc) is 3.03. The van der Waals surface area contributed by atoms with E-state index in [0.29, 0.717) is 5.75 Å². The molecule has 1 aliphatic heterocycles. The van der Waals surface area contributed by atoms with Crippen molar-refractivity contribution in [2.75, 3.05) is 33.3 Å². The Kier molecular flexibility index (Phi) is 6.20. The fourth-order valence-electron chi connectivity index (χ4n) is 2.79. The van der Waals surface area contributed by atoms with Crippen LogP contribution < -0.4 is 10.1 Å². The maximum Gasteiger partial charge on any atom is 0.165 e. The molecule has 6 heteroatoms. The monoisotopic (exact) mass is 342 g/mol. The zero-order chi connectivity index (χ0) is 14.7. The number of piperazine rings is 1. The highest BCUT2D eigenvalue weighted by Gasteiger charge is 2.25. The summed E-state index contributed by atoms with van der Waals surface area (Å²) in [7, 11) is 1.49. The Morgan fingerprint density at radius 1 is 1.27 bits per heavy atom. The molecular weight excluding hydrogens is 323 g/mol. The molecule has 2 heterocycles. The zero-order valence-electron chi connectivity index (χ0n) is 12.4. The number of hydrogen-bond donors (Lipinski definition) is 1. The molecule has 0 bridgehead atoms. The molecule has 1 N–H and O–H groups in total. The second-order valence-electron chi connectivity index (χ2n) is 5.10. The second kappa shape index (κ2) is 7.92. The van der Waals surface area contributed by atoms with Crippen LogP contribution in [0.15, 0.2) is 35.7 Å². The molecule has 22 heavy (non-hydrogen) atoms. The van der Waals surface area contributed by atoms with Crippen molar-refractivity contribution in [2.24, 2.45) is 0 Å². The Morgan fingerprint density at radius 2 is 2.05 bits per heavy atom. The smallest absolute Gasteiger partial charge is 0.165 e. The lowest BCUT2D eigenvalue weighted by Crippen LogP contribution is -2.45. The van der Waals surface area contributed by atoms with E-state index in [1.165, 1.54) is 12.0 Å². The minimum absolute atomic E-state index is 0. The van der Waals surface area contributed by atoms with Crippen molar-refractivity contribution >= 4 is 23.7 Å². The van der Waals surface area contributed by atoms with Gasteiger partial charge in [-0.3, -0.25) is 4.90 Å². The molecule has 0 amide bonds. The topological polar surface area (TPSA) is 24.5 Å². The summed E-state index contributed by atoms with van der Waals surface area (Å²) in [6.07, 6.45) is 0. The number of rotatable bonds is 4. The Bertz CT molecular complexity index is 588. The molecule has 0 unspecified atom stereocenters. The first-order valence-electron chi connectivity index (χ1n) is 7.11. The first kappa shape index (κ1) is 17.2. The molecule has 1 aliphatic rings. The fraction of sp³-hybridized carbons (Fsp3) is 0.375. The minimum Gasteiger partial charge on any atom is -0.494 e. The predicted octanol–water partition coefficient (Wildman–Crippen LogP) is 3.31. The molecule has 0 radical (unpaired) electrons. The lowest BCUT2D eigenvalue weighted by atomic mass is 10.0. The number of halogens is 2. The van der Waals surface area contributed by atoms with Gasteiger partial charge in [0.05, 0.1) is 13.2 Å². The SMILES string of the molecule is COc1ccc([C@@H](c2cccs2)N2CCNCC2)cc1F.Cl. The van der Waals surface area contributed by atoms with E-state index in [9.17, 15) is 4.39 Å². The van der Waals surface area contributed by atoms with Gasteiger partial charge in [0.1, 0.15) is 0 Å². The molecular formula is C16H20ClFN2OS. The molecule has 1 aromatic heterocycles. The number of nitrogens with one attached hydrogen (secondary N) is 1. The fourth-order valence-corrected chi connectivity index (χ4v) is 3.68. The van der Waals surface area contributed by atoms with E-state index in [1.54, 1.807) is 23.5 Å². The molecule has 0 aliphatic carbocycles. The number of thiophene rings is 1. The summed E-state index contributed by atoms with van der Waals surface area (Å²) in [4.78, 5) is 3.66. The van der Waals surface area contributed by atoms with Crippen LogP contribution in [-0.4, -0.2) is 38.2 Å². The van der Waals surface area contributed by atoms with Gasteiger partial charge in [-0.25, -0.2) is 4.39 Å². The number of hydrogen-bond acceptors (Lipinski definition) is 4. The van der Waals surface area contributed by atoms with Crippen molar-refractivity contribution in [3.63, 3.8) is 0 Å². The number of ether oxygens (including phenoxy) is 1. The summed E-state index contributed by atoms with van der Waals surface area (Å²) in [5, 5.41) is 5.44. The van der Waals surface area contributed by atoms with Gasteiger partial charge < -0.3 is 10.1 Å². The van der Waals surface area contributed by atoms with E-state index < -0.39 is 0 Å². The van der Waals surface area contributed by atoms with Crippen molar-refractivity contribution in [1.29, 1.82) is 0 Å². The lowest BCUT2D eigenvalue weighted by Gasteiger charge is -2.34. The van der Waals surface area contributed by atoms with E-state index in [4.69, 9.17) is 4.74 Å². The summed E-state index contributed by atoms with van der Waals surface area (Å²) in [5.41, 5.74) is 0.984. The van der Waals surface area contributed by atoms with Gasteiger partial charge in [-0.15, -0.1) is 23.7 Å². The Morgan fingerprint density at radius 3 is 2.64 bits per heavy atom. The molecule has 120 valence electrons. The molecule has 0 spiro atoms. The van der Waals surface area contributed by atoms with Crippen molar-refractivity contribution in [3.8, 4) is 5.75 Å². The van der Waals surface area contributed by atoms with Crippen LogP contribution in [0, 0.1) is 5.82 Å². The third-order valence-electron chi connectivity index (χ3n) is 3.82. The van der Waals surface area contributed by atoms with Crippen molar-refractivity contribution in [1.82, 2.24) is 10.2 Å². The molecule has 1 saturated heterocycles. The van der Waals surface area contributed by atoms with E-state index >= 15 is 0 Å². The van der Waals surface area contributed by atoms with Crippen molar-refractivity contribution in [2.45, 2.75) is 6.04 Å². The third-order valence-corrected chi connectivity index (χ3v) is 4.75. The van der Waals surface area contributed by atoms with Crippen LogP contribution in [0.2, 0.25) is 0 Å². The van der Waals surface area contributed by atoms with Gasteiger partial charge in [-0.1, -0.05) is 12.1 Å². The Labute approximate surface area is 140 Å². The van der Waals surface area contributed by atoms with Gasteiger partial charge in [0.2, 0.25) is 0 Å². The first-order chi connectivity index (χ1) is 10.3. The molecule has 0 saturated carbocycles. The first-order valence-corrected chi connectivity index (χ1v) is 7.99. The van der Waals surface area contributed by atoms with Gasteiger partial charge >= 0.3 is 0 Å². The number of methoxy groups -OCH3 is 1. The van der Waals surface area contributed by atoms with Crippen molar-refractivity contribution in [3.05, 3.63) is 52.0 Å². The molecule has 1 atom stereocenters. The highest BCUT2D eigenvalue weighted by Crippen LogP contribution is 2.33. The zero-order valence-corrected chi connectivity index (χ0v) is 14.1. The van der Waals surface area contributed by atoms with E-state index in [2.05, 4.69) is 27.7 Å². The van der Waals surface area contributed by atoms with Gasteiger partial charge in [0, 0.05) is 31.1 Å². The van der Waals surface area contributed by atoms with Crippen LogP contribution in [0.3, 0.4) is 0 Å². The number of benzene rings is 1.